The lowest BCUT2D eigenvalue weighted by Crippen LogP contribution is -2.31. The molecule has 3 aromatic rings. The number of fused-ring (bicyclic) bond motifs is 2. The Labute approximate surface area is 218 Å². The quantitative estimate of drug-likeness (QED) is 0.321. The van der Waals surface area contributed by atoms with Crippen LogP contribution in [0.25, 0.3) is 10.8 Å². The van der Waals surface area contributed by atoms with Gasteiger partial charge in [0.05, 0.1) is 0 Å². The van der Waals surface area contributed by atoms with E-state index in [1.807, 2.05) is 0 Å². The van der Waals surface area contributed by atoms with E-state index in [-0.39, 0.29) is 10.8 Å². The molecule has 36 heavy (non-hydrogen) atoms. The van der Waals surface area contributed by atoms with E-state index in [0.29, 0.717) is 0 Å². The van der Waals surface area contributed by atoms with Crippen LogP contribution in [0.15, 0.2) is 96.7 Å². The molecule has 0 atom stereocenters. The summed E-state index contributed by atoms with van der Waals surface area (Å²) in [6.07, 6.45) is 14.3. The van der Waals surface area contributed by atoms with Gasteiger partial charge < -0.3 is 4.90 Å². The van der Waals surface area contributed by atoms with Gasteiger partial charge >= 0.3 is 0 Å². The van der Waals surface area contributed by atoms with Gasteiger partial charge in [0.25, 0.3) is 0 Å². The van der Waals surface area contributed by atoms with Gasteiger partial charge in [0.15, 0.2) is 0 Å². The second kappa shape index (κ2) is 9.77. The number of hydrogen-bond acceptors (Lipinski definition) is 1. The molecule has 0 radical (unpaired) electrons. The van der Waals surface area contributed by atoms with E-state index in [9.17, 15) is 0 Å². The number of rotatable bonds is 6. The van der Waals surface area contributed by atoms with Gasteiger partial charge in [0.2, 0.25) is 0 Å². The molecule has 186 valence electrons. The Balaban J connectivity index is 1.51. The highest BCUT2D eigenvalue weighted by Gasteiger charge is 2.39. The van der Waals surface area contributed by atoms with E-state index < -0.39 is 0 Å². The average molecular weight is 476 g/mol. The Bertz CT molecular complexity index is 1330. The minimum atomic E-state index is -0.00506. The largest absolute Gasteiger partial charge is 0.344 e. The molecule has 3 aromatic carbocycles. The molecule has 0 saturated heterocycles. The van der Waals surface area contributed by atoms with Crippen LogP contribution in [0.1, 0.15) is 76.0 Å². The lowest BCUT2D eigenvalue weighted by atomic mass is 9.64. The maximum absolute atomic E-state index is 4.71. The fourth-order valence-corrected chi connectivity index (χ4v) is 6.88. The van der Waals surface area contributed by atoms with Gasteiger partial charge in [-0.3, -0.25) is 0 Å². The van der Waals surface area contributed by atoms with E-state index in [1.54, 1.807) is 0 Å². The van der Waals surface area contributed by atoms with Crippen LogP contribution in [0.5, 0.6) is 0 Å². The van der Waals surface area contributed by atoms with E-state index in [1.165, 1.54) is 76.5 Å². The van der Waals surface area contributed by atoms with Gasteiger partial charge in [-0.1, -0.05) is 113 Å². The van der Waals surface area contributed by atoms with Crippen molar-refractivity contribution in [2.75, 3.05) is 11.4 Å². The molecule has 0 bridgehead atoms. The molecule has 1 nitrogen and oxygen atoms in total. The van der Waals surface area contributed by atoms with Crippen LogP contribution in [-0.4, -0.2) is 6.54 Å². The summed E-state index contributed by atoms with van der Waals surface area (Å²) in [4.78, 5) is 2.52. The summed E-state index contributed by atoms with van der Waals surface area (Å²) in [6.45, 7) is 15.1. The number of benzene rings is 3. The Morgan fingerprint density at radius 2 is 1.64 bits per heavy atom. The predicted octanol–water partition coefficient (Wildman–Crippen LogP) is 9.55. The highest BCUT2D eigenvalue weighted by atomic mass is 15.2. The molecule has 1 fully saturated rings. The Morgan fingerprint density at radius 3 is 2.42 bits per heavy atom. The molecule has 2 aliphatic rings. The highest BCUT2D eigenvalue weighted by Crippen LogP contribution is 2.49. The third-order valence-electron chi connectivity index (χ3n) is 8.83. The van der Waals surface area contributed by atoms with Crippen molar-refractivity contribution in [3.8, 4) is 0 Å². The van der Waals surface area contributed by atoms with Crippen LogP contribution in [0.2, 0.25) is 0 Å². The van der Waals surface area contributed by atoms with Crippen LogP contribution >= 0.6 is 0 Å². The summed E-state index contributed by atoms with van der Waals surface area (Å²) in [5, 5.41) is 2.70. The first-order valence-corrected chi connectivity index (χ1v) is 13.8. The number of hydrogen-bond donors (Lipinski definition) is 0. The molecule has 0 aromatic heterocycles. The van der Waals surface area contributed by atoms with Crippen molar-refractivity contribution >= 4 is 16.5 Å². The fraction of sp³-hybridized carbons (Fsp3) is 0.371. The smallest absolute Gasteiger partial charge is 0.0450 e. The predicted molar refractivity (Wildman–Crippen MR) is 157 cm³/mol. The molecule has 5 rings (SSSR count). The van der Waals surface area contributed by atoms with Crippen molar-refractivity contribution in [2.24, 2.45) is 0 Å². The minimum absolute atomic E-state index is 0.00506. The summed E-state index contributed by atoms with van der Waals surface area (Å²) in [5.74, 6) is 0. The number of nitrogens with zero attached hydrogens (tertiary/aromatic N) is 1. The zero-order chi connectivity index (χ0) is 25.3. The summed E-state index contributed by atoms with van der Waals surface area (Å²) < 4.78 is 0. The molecule has 0 unspecified atom stereocenters. The van der Waals surface area contributed by atoms with E-state index in [2.05, 4.69) is 111 Å². The molecule has 1 saturated carbocycles. The van der Waals surface area contributed by atoms with Crippen molar-refractivity contribution in [3.05, 3.63) is 113 Å². The van der Waals surface area contributed by atoms with Crippen LogP contribution in [0, 0.1) is 6.92 Å². The Morgan fingerprint density at radius 1 is 0.917 bits per heavy atom. The van der Waals surface area contributed by atoms with Crippen LogP contribution in [0.4, 0.5) is 5.69 Å². The molecule has 1 heterocycles. The Hall–Kier alpha value is -3.06. The number of anilines is 1. The van der Waals surface area contributed by atoms with E-state index in [0.717, 1.165) is 13.0 Å². The number of allylic oxidation sites excluding steroid dienone is 5. The van der Waals surface area contributed by atoms with Gasteiger partial charge in [-0.25, -0.2) is 0 Å². The number of para-hydroxylation sites is 1. The molecule has 1 aliphatic carbocycles. The SMILES string of the molecule is C=C(/C=C/C=C1/N(CCC)c2ccccc2C1(C)C)C1(c2ccc3ccccc3c2C)CCCCC1. The van der Waals surface area contributed by atoms with Crippen molar-refractivity contribution in [1.29, 1.82) is 0 Å². The summed E-state index contributed by atoms with van der Waals surface area (Å²) in [6, 6.07) is 22.4. The maximum Gasteiger partial charge on any atom is 0.0450 e. The normalized spacial score (nSPS) is 19.8. The highest BCUT2D eigenvalue weighted by molar-refractivity contribution is 5.87. The van der Waals surface area contributed by atoms with Gasteiger partial charge in [-0.05, 0) is 71.4 Å². The van der Waals surface area contributed by atoms with Crippen LogP contribution < -0.4 is 4.90 Å². The lowest BCUT2D eigenvalue weighted by Gasteiger charge is -2.40. The van der Waals surface area contributed by atoms with Crippen molar-refractivity contribution in [1.82, 2.24) is 0 Å². The summed E-state index contributed by atoms with van der Waals surface area (Å²) in [5.41, 5.74) is 8.34. The third-order valence-corrected chi connectivity index (χ3v) is 8.83. The van der Waals surface area contributed by atoms with Gasteiger partial charge in [-0.2, -0.15) is 0 Å². The first-order valence-electron chi connectivity index (χ1n) is 13.8. The molecular weight excluding hydrogens is 434 g/mol. The lowest BCUT2D eigenvalue weighted by molar-refractivity contribution is 0.345. The molecule has 0 amide bonds. The van der Waals surface area contributed by atoms with Gasteiger partial charge in [-0.15, -0.1) is 0 Å². The second-order valence-corrected chi connectivity index (χ2v) is 11.3. The molecule has 1 aliphatic heterocycles. The monoisotopic (exact) mass is 475 g/mol. The van der Waals surface area contributed by atoms with Gasteiger partial charge in [0, 0.05) is 28.8 Å². The molecule has 1 heteroatoms. The third kappa shape index (κ3) is 4.03. The summed E-state index contributed by atoms with van der Waals surface area (Å²) >= 11 is 0. The fourth-order valence-electron chi connectivity index (χ4n) is 6.88. The zero-order valence-corrected chi connectivity index (χ0v) is 22.6. The topological polar surface area (TPSA) is 3.24 Å². The first kappa shape index (κ1) is 24.6. The number of aryl methyl sites for hydroxylation is 1. The van der Waals surface area contributed by atoms with Crippen LogP contribution in [0.3, 0.4) is 0 Å². The average Bonchev–Trinajstić information content (AvgIpc) is 3.11. The second-order valence-electron chi connectivity index (χ2n) is 11.3. The maximum atomic E-state index is 4.71. The van der Waals surface area contributed by atoms with E-state index in [4.69, 9.17) is 6.58 Å². The van der Waals surface area contributed by atoms with E-state index >= 15 is 0 Å². The molecule has 0 spiro atoms. The Kier molecular flexibility index (Phi) is 6.68. The summed E-state index contributed by atoms with van der Waals surface area (Å²) in [7, 11) is 0. The standard InChI is InChI=1S/C35H41N/c1-6-25-36-32-19-11-10-18-31(32)34(4,5)33(36)20-14-15-26(2)35(23-12-7-13-24-35)30-22-21-28-16-8-9-17-29(28)27(30)3/h8-11,14-22H,2,6-7,12-13,23-25H2,1,3-5H3/b15-14+,33-20+. The minimum Gasteiger partial charge on any atom is -0.344 e. The molecule has 0 N–H and O–H groups in total. The van der Waals surface area contributed by atoms with Crippen LogP contribution in [-0.2, 0) is 10.8 Å². The van der Waals surface area contributed by atoms with Crippen molar-refractivity contribution < 1.29 is 0 Å². The molecular formula is C35H41N. The zero-order valence-electron chi connectivity index (χ0n) is 22.6. The van der Waals surface area contributed by atoms with Crippen molar-refractivity contribution in [2.45, 2.75) is 77.0 Å². The first-order chi connectivity index (χ1) is 17.4. The van der Waals surface area contributed by atoms with Crippen molar-refractivity contribution in [3.63, 3.8) is 0 Å². The van der Waals surface area contributed by atoms with Gasteiger partial charge in [0.1, 0.15) is 0 Å².